The van der Waals surface area contributed by atoms with Crippen molar-refractivity contribution in [3.8, 4) is 11.1 Å². The van der Waals surface area contributed by atoms with E-state index in [1.165, 1.54) is 4.90 Å². The van der Waals surface area contributed by atoms with Crippen LogP contribution in [-0.2, 0) is 17.8 Å². The van der Waals surface area contributed by atoms with Crippen LogP contribution in [0.4, 0.5) is 4.79 Å². The highest BCUT2D eigenvalue weighted by Gasteiger charge is 2.38. The van der Waals surface area contributed by atoms with E-state index in [9.17, 15) is 9.59 Å². The molecule has 1 atom stereocenters. The molecular formula is C25H20ClN3O2. The number of amides is 3. The van der Waals surface area contributed by atoms with Crippen LogP contribution >= 0.6 is 11.6 Å². The number of nitrogens with zero attached hydrogens (tertiary/aromatic N) is 1. The summed E-state index contributed by atoms with van der Waals surface area (Å²) in [5, 5.41) is 4.41. The van der Waals surface area contributed by atoms with Gasteiger partial charge in [0.15, 0.2) is 0 Å². The molecule has 1 aromatic heterocycles. The van der Waals surface area contributed by atoms with E-state index in [0.717, 1.165) is 33.2 Å². The minimum atomic E-state index is -0.589. The van der Waals surface area contributed by atoms with Gasteiger partial charge in [-0.25, -0.2) is 4.79 Å². The number of rotatable bonds is 5. The zero-order valence-corrected chi connectivity index (χ0v) is 17.4. The Bertz CT molecular complexity index is 1270. The molecule has 4 aromatic rings. The predicted octanol–water partition coefficient (Wildman–Crippen LogP) is 5.15. The number of halogens is 1. The van der Waals surface area contributed by atoms with Crippen LogP contribution in [0, 0.1) is 0 Å². The lowest BCUT2D eigenvalue weighted by Crippen LogP contribution is -2.32. The Balaban J connectivity index is 1.30. The van der Waals surface area contributed by atoms with Crippen molar-refractivity contribution in [1.29, 1.82) is 0 Å². The third kappa shape index (κ3) is 3.68. The molecule has 3 aromatic carbocycles. The van der Waals surface area contributed by atoms with Crippen LogP contribution in [0.2, 0.25) is 5.02 Å². The Hall–Kier alpha value is -3.57. The van der Waals surface area contributed by atoms with Gasteiger partial charge in [-0.1, -0.05) is 78.3 Å². The summed E-state index contributed by atoms with van der Waals surface area (Å²) in [6.45, 7) is 0.246. The second-order valence-electron chi connectivity index (χ2n) is 7.67. The Morgan fingerprint density at radius 2 is 1.61 bits per heavy atom. The average Bonchev–Trinajstić information content (AvgIpc) is 3.32. The molecule has 0 aliphatic carbocycles. The Kier molecular flexibility index (Phi) is 4.96. The zero-order valence-electron chi connectivity index (χ0n) is 16.6. The number of carbonyl (C=O) groups excluding carboxylic acids is 2. The van der Waals surface area contributed by atoms with Crippen LogP contribution in [-0.4, -0.2) is 27.9 Å². The lowest BCUT2D eigenvalue weighted by atomic mass is 10.0. The number of para-hydroxylation sites is 1. The number of imide groups is 1. The topological polar surface area (TPSA) is 65.2 Å². The highest BCUT2D eigenvalue weighted by molar-refractivity contribution is 6.35. The van der Waals surface area contributed by atoms with Crippen LogP contribution in [0.15, 0.2) is 79.0 Å². The monoisotopic (exact) mass is 429 g/mol. The molecular weight excluding hydrogens is 410 g/mol. The van der Waals surface area contributed by atoms with Gasteiger partial charge in [0.05, 0.1) is 17.1 Å². The predicted molar refractivity (Wildman–Crippen MR) is 122 cm³/mol. The first-order valence-electron chi connectivity index (χ1n) is 10.1. The van der Waals surface area contributed by atoms with Crippen LogP contribution in [0.25, 0.3) is 22.0 Å². The highest BCUT2D eigenvalue weighted by atomic mass is 35.5. The van der Waals surface area contributed by atoms with Gasteiger partial charge in [-0.05, 0) is 28.3 Å². The summed E-state index contributed by atoms with van der Waals surface area (Å²) in [6.07, 6.45) is 2.26. The fourth-order valence-corrected chi connectivity index (χ4v) is 4.27. The lowest BCUT2D eigenvalue weighted by molar-refractivity contribution is -0.127. The van der Waals surface area contributed by atoms with Crippen molar-refractivity contribution in [3.05, 3.63) is 95.1 Å². The van der Waals surface area contributed by atoms with E-state index in [-0.39, 0.29) is 18.5 Å². The summed E-state index contributed by atoms with van der Waals surface area (Å²) in [6, 6.07) is 22.7. The van der Waals surface area contributed by atoms with E-state index >= 15 is 0 Å². The summed E-state index contributed by atoms with van der Waals surface area (Å²) >= 11 is 6.23. The number of hydrogen-bond donors (Lipinski definition) is 2. The molecule has 2 heterocycles. The summed E-state index contributed by atoms with van der Waals surface area (Å²) in [4.78, 5) is 29.9. The van der Waals surface area contributed by atoms with Crippen LogP contribution in [0.5, 0.6) is 0 Å². The number of fused-ring (bicyclic) bond motifs is 1. The second kappa shape index (κ2) is 7.93. The molecule has 1 aliphatic heterocycles. The van der Waals surface area contributed by atoms with Gasteiger partial charge in [-0.2, -0.15) is 0 Å². The molecule has 0 unspecified atom stereocenters. The summed E-state index contributed by atoms with van der Waals surface area (Å²) < 4.78 is 0. The van der Waals surface area contributed by atoms with E-state index < -0.39 is 6.04 Å². The number of H-pyrrole nitrogens is 1. The molecule has 1 fully saturated rings. The third-order valence-electron chi connectivity index (χ3n) is 5.68. The Labute approximate surface area is 184 Å². The highest BCUT2D eigenvalue weighted by Crippen LogP contribution is 2.27. The summed E-state index contributed by atoms with van der Waals surface area (Å²) in [5.74, 6) is -0.214. The molecule has 2 N–H and O–H groups in total. The maximum absolute atomic E-state index is 12.9. The maximum atomic E-state index is 12.9. The number of aromatic amines is 1. The van der Waals surface area contributed by atoms with Crippen LogP contribution in [0.1, 0.15) is 11.1 Å². The number of benzene rings is 3. The van der Waals surface area contributed by atoms with Crippen molar-refractivity contribution in [2.24, 2.45) is 0 Å². The van der Waals surface area contributed by atoms with E-state index in [0.29, 0.717) is 11.4 Å². The molecule has 5 nitrogen and oxygen atoms in total. The van der Waals surface area contributed by atoms with E-state index in [1.807, 2.05) is 66.9 Å². The quantitative estimate of drug-likeness (QED) is 0.431. The van der Waals surface area contributed by atoms with Crippen LogP contribution < -0.4 is 5.32 Å². The molecule has 1 aliphatic rings. The number of nitrogens with one attached hydrogen (secondary N) is 2. The molecule has 5 rings (SSSR count). The molecule has 0 spiro atoms. The van der Waals surface area contributed by atoms with Crippen molar-refractivity contribution in [2.45, 2.75) is 19.0 Å². The number of urea groups is 1. The van der Waals surface area contributed by atoms with Gasteiger partial charge in [0, 0.05) is 18.0 Å². The second-order valence-corrected chi connectivity index (χ2v) is 8.08. The Morgan fingerprint density at radius 3 is 2.39 bits per heavy atom. The van der Waals surface area contributed by atoms with Gasteiger partial charge in [-0.15, -0.1) is 0 Å². The van der Waals surface area contributed by atoms with Crippen molar-refractivity contribution in [1.82, 2.24) is 15.2 Å². The number of hydrogen-bond acceptors (Lipinski definition) is 2. The van der Waals surface area contributed by atoms with Crippen LogP contribution in [0.3, 0.4) is 0 Å². The van der Waals surface area contributed by atoms with Crippen molar-refractivity contribution in [2.75, 3.05) is 0 Å². The molecule has 154 valence electrons. The first-order chi connectivity index (χ1) is 15.1. The molecule has 0 bridgehead atoms. The molecule has 0 radical (unpaired) electrons. The normalized spacial score (nSPS) is 16.2. The molecule has 6 heteroatoms. The SMILES string of the molecule is O=C1N[C@H](Cc2c[nH]c3c(Cl)cccc23)C(=O)N1Cc1ccc(-c2ccccc2)cc1. The smallest absolute Gasteiger partial charge is 0.325 e. The van der Waals surface area contributed by atoms with Gasteiger partial charge < -0.3 is 10.3 Å². The van der Waals surface area contributed by atoms with Gasteiger partial charge in [0.1, 0.15) is 6.04 Å². The number of aromatic nitrogens is 1. The fourth-order valence-electron chi connectivity index (χ4n) is 4.05. The minimum Gasteiger partial charge on any atom is -0.360 e. The van der Waals surface area contributed by atoms with Gasteiger partial charge in [-0.3, -0.25) is 9.69 Å². The first kappa shape index (κ1) is 19.4. The van der Waals surface area contributed by atoms with E-state index in [1.54, 1.807) is 0 Å². The van der Waals surface area contributed by atoms with Crippen molar-refractivity contribution >= 4 is 34.4 Å². The molecule has 31 heavy (non-hydrogen) atoms. The van der Waals surface area contributed by atoms with Gasteiger partial charge in [0.25, 0.3) is 5.91 Å². The minimum absolute atomic E-state index is 0.214. The fraction of sp³-hybridized carbons (Fsp3) is 0.120. The molecule has 3 amide bonds. The van der Waals surface area contributed by atoms with Crippen molar-refractivity contribution < 1.29 is 9.59 Å². The van der Waals surface area contributed by atoms with Gasteiger partial charge in [0.2, 0.25) is 0 Å². The standard InChI is InChI=1S/C25H20ClN3O2/c26-21-8-4-7-20-19(14-27-23(20)21)13-22-24(30)29(25(31)28-22)15-16-9-11-18(12-10-16)17-5-2-1-3-6-17/h1-12,14,22,27H,13,15H2,(H,28,31)/t22-/m1/s1. The summed E-state index contributed by atoms with van der Waals surface area (Å²) in [7, 11) is 0. The van der Waals surface area contributed by atoms with Crippen molar-refractivity contribution in [3.63, 3.8) is 0 Å². The largest absolute Gasteiger partial charge is 0.360 e. The third-order valence-corrected chi connectivity index (χ3v) is 6.00. The van der Waals surface area contributed by atoms with E-state index in [4.69, 9.17) is 11.6 Å². The average molecular weight is 430 g/mol. The first-order valence-corrected chi connectivity index (χ1v) is 10.5. The van der Waals surface area contributed by atoms with Gasteiger partial charge >= 0.3 is 6.03 Å². The molecule has 1 saturated heterocycles. The Morgan fingerprint density at radius 1 is 0.871 bits per heavy atom. The molecule has 0 saturated carbocycles. The lowest BCUT2D eigenvalue weighted by Gasteiger charge is -2.13. The zero-order chi connectivity index (χ0) is 21.4. The summed E-state index contributed by atoms with van der Waals surface area (Å²) in [5.41, 5.74) is 4.92. The maximum Gasteiger partial charge on any atom is 0.325 e. The van der Waals surface area contributed by atoms with E-state index in [2.05, 4.69) is 22.4 Å². The number of carbonyl (C=O) groups is 2.